The summed E-state index contributed by atoms with van der Waals surface area (Å²) in [7, 11) is -4.84. The predicted octanol–water partition coefficient (Wildman–Crippen LogP) is 4.56. The van der Waals surface area contributed by atoms with Crippen LogP contribution in [0.4, 0.5) is 14.5 Å². The SMILES string of the molecule is O=C(CCc1ncc(-c2ccccc2Cl)o1)Nc1ccccc1S(=O)(=O)C(F)F. The lowest BCUT2D eigenvalue weighted by Crippen LogP contribution is -2.18. The van der Waals surface area contributed by atoms with Gasteiger partial charge in [-0.3, -0.25) is 4.79 Å². The molecule has 0 aliphatic heterocycles. The first-order valence-electron chi connectivity index (χ1n) is 8.39. The Kier molecular flexibility index (Phi) is 6.29. The molecule has 0 radical (unpaired) electrons. The predicted molar refractivity (Wildman–Crippen MR) is 104 cm³/mol. The fourth-order valence-corrected chi connectivity index (χ4v) is 3.67. The molecule has 0 saturated heterocycles. The first kappa shape index (κ1) is 20.9. The number of hydrogen-bond acceptors (Lipinski definition) is 5. The monoisotopic (exact) mass is 440 g/mol. The van der Waals surface area contributed by atoms with Crippen molar-refractivity contribution in [2.75, 3.05) is 5.32 Å². The molecule has 1 N–H and O–H groups in total. The number of amides is 1. The van der Waals surface area contributed by atoms with Crippen molar-refractivity contribution in [2.45, 2.75) is 23.5 Å². The minimum absolute atomic E-state index is 0.0917. The molecule has 0 fully saturated rings. The van der Waals surface area contributed by atoms with E-state index in [1.165, 1.54) is 24.4 Å². The van der Waals surface area contributed by atoms with Crippen molar-refractivity contribution in [3.8, 4) is 11.3 Å². The molecule has 3 aromatic rings. The number of benzene rings is 2. The zero-order valence-corrected chi connectivity index (χ0v) is 16.4. The molecule has 0 saturated carbocycles. The Morgan fingerprint density at radius 2 is 1.83 bits per heavy atom. The quantitative estimate of drug-likeness (QED) is 0.581. The molecule has 0 aliphatic rings. The average molecular weight is 441 g/mol. The molecule has 6 nitrogen and oxygen atoms in total. The fourth-order valence-electron chi connectivity index (χ4n) is 2.56. The molecule has 1 aromatic heterocycles. The molecule has 0 atom stereocenters. The lowest BCUT2D eigenvalue weighted by Gasteiger charge is -2.10. The van der Waals surface area contributed by atoms with Gasteiger partial charge in [-0.15, -0.1) is 0 Å². The fraction of sp³-hybridized carbons (Fsp3) is 0.158. The van der Waals surface area contributed by atoms with Crippen LogP contribution in [0.25, 0.3) is 11.3 Å². The second-order valence-corrected chi connectivity index (χ2v) is 8.24. The van der Waals surface area contributed by atoms with Gasteiger partial charge in [-0.1, -0.05) is 35.9 Å². The topological polar surface area (TPSA) is 89.3 Å². The minimum atomic E-state index is -4.84. The van der Waals surface area contributed by atoms with Gasteiger partial charge >= 0.3 is 5.76 Å². The number of aryl methyl sites for hydroxylation is 1. The van der Waals surface area contributed by atoms with Crippen molar-refractivity contribution >= 4 is 33.0 Å². The number of alkyl halides is 2. The van der Waals surface area contributed by atoms with Crippen molar-refractivity contribution in [2.24, 2.45) is 0 Å². The van der Waals surface area contributed by atoms with Crippen molar-refractivity contribution < 1.29 is 26.4 Å². The number of carbonyl (C=O) groups is 1. The molecule has 0 unspecified atom stereocenters. The van der Waals surface area contributed by atoms with Gasteiger partial charge in [-0.25, -0.2) is 13.4 Å². The number of halogens is 3. The Hall–Kier alpha value is -2.78. The van der Waals surface area contributed by atoms with Gasteiger partial charge in [-0.05, 0) is 24.3 Å². The average Bonchev–Trinajstić information content (AvgIpc) is 3.16. The van der Waals surface area contributed by atoms with E-state index in [9.17, 15) is 22.0 Å². The van der Waals surface area contributed by atoms with Gasteiger partial charge in [0.25, 0.3) is 0 Å². The summed E-state index contributed by atoms with van der Waals surface area (Å²) >= 11 is 6.11. The lowest BCUT2D eigenvalue weighted by atomic mass is 10.2. The van der Waals surface area contributed by atoms with Crippen molar-refractivity contribution in [1.29, 1.82) is 0 Å². The van der Waals surface area contributed by atoms with E-state index >= 15 is 0 Å². The highest BCUT2D eigenvalue weighted by Crippen LogP contribution is 2.29. The zero-order chi connectivity index (χ0) is 21.0. The molecule has 0 spiro atoms. The van der Waals surface area contributed by atoms with Gasteiger partial charge in [-0.2, -0.15) is 8.78 Å². The molecule has 2 aromatic carbocycles. The Morgan fingerprint density at radius 3 is 2.55 bits per heavy atom. The number of anilines is 1. The summed E-state index contributed by atoms with van der Waals surface area (Å²) in [6.07, 6.45) is 1.52. The maximum Gasteiger partial charge on any atom is 0.341 e. The number of hydrogen-bond donors (Lipinski definition) is 1. The first-order chi connectivity index (χ1) is 13.8. The van der Waals surface area contributed by atoms with Crippen molar-refractivity contribution in [1.82, 2.24) is 4.98 Å². The summed E-state index contributed by atoms with van der Waals surface area (Å²) in [6, 6.07) is 12.0. The van der Waals surface area contributed by atoms with Crippen LogP contribution in [0.15, 0.2) is 64.0 Å². The lowest BCUT2D eigenvalue weighted by molar-refractivity contribution is -0.116. The van der Waals surface area contributed by atoms with Crippen molar-refractivity contribution in [3.63, 3.8) is 0 Å². The summed E-state index contributed by atoms with van der Waals surface area (Å²) in [4.78, 5) is 15.6. The van der Waals surface area contributed by atoms with E-state index in [2.05, 4.69) is 10.3 Å². The maximum atomic E-state index is 12.8. The van der Waals surface area contributed by atoms with Crippen LogP contribution >= 0.6 is 11.6 Å². The summed E-state index contributed by atoms with van der Waals surface area (Å²) in [5.41, 5.74) is 0.450. The molecule has 1 heterocycles. The van der Waals surface area contributed by atoms with E-state index in [1.807, 2.05) is 0 Å². The Bertz CT molecular complexity index is 1130. The molecule has 29 heavy (non-hydrogen) atoms. The van der Waals surface area contributed by atoms with Crippen LogP contribution in [0.3, 0.4) is 0 Å². The number of aromatic nitrogens is 1. The minimum Gasteiger partial charge on any atom is -0.441 e. The van der Waals surface area contributed by atoms with Crippen LogP contribution < -0.4 is 5.32 Å². The van der Waals surface area contributed by atoms with Gasteiger partial charge in [0.1, 0.15) is 0 Å². The Labute approximate surface area is 170 Å². The summed E-state index contributed by atoms with van der Waals surface area (Å²) in [6.45, 7) is 0. The van der Waals surface area contributed by atoms with E-state index in [0.29, 0.717) is 16.3 Å². The standard InChI is InChI=1S/C19H15ClF2N2O4S/c20-13-6-2-1-5-12(13)15-11-23-18(28-15)10-9-17(25)24-14-7-3-4-8-16(14)29(26,27)19(21)22/h1-8,11,19H,9-10H2,(H,24,25). The van der Waals surface area contributed by atoms with Crippen LogP contribution in [0.2, 0.25) is 5.02 Å². The van der Waals surface area contributed by atoms with E-state index < -0.39 is 26.4 Å². The number of oxazole rings is 1. The first-order valence-corrected chi connectivity index (χ1v) is 10.3. The highest BCUT2D eigenvalue weighted by Gasteiger charge is 2.29. The zero-order valence-electron chi connectivity index (χ0n) is 14.8. The molecule has 0 bridgehead atoms. The maximum absolute atomic E-state index is 12.8. The van der Waals surface area contributed by atoms with Crippen LogP contribution in [-0.2, 0) is 21.1 Å². The number of nitrogens with one attached hydrogen (secondary N) is 1. The van der Waals surface area contributed by atoms with E-state index in [4.69, 9.17) is 16.0 Å². The summed E-state index contributed by atoms with van der Waals surface area (Å²) in [5.74, 6) is -3.43. The number of nitrogens with zero attached hydrogens (tertiary/aromatic N) is 1. The van der Waals surface area contributed by atoms with Gasteiger partial charge in [0.2, 0.25) is 15.7 Å². The Morgan fingerprint density at radius 1 is 1.14 bits per heavy atom. The second-order valence-electron chi connectivity index (χ2n) is 5.95. The summed E-state index contributed by atoms with van der Waals surface area (Å²) < 4.78 is 54.7. The van der Waals surface area contributed by atoms with Crippen LogP contribution in [0, 0.1) is 0 Å². The molecule has 3 rings (SSSR count). The van der Waals surface area contributed by atoms with Gasteiger partial charge < -0.3 is 9.73 Å². The van der Waals surface area contributed by atoms with Crippen molar-refractivity contribution in [3.05, 3.63) is 65.6 Å². The van der Waals surface area contributed by atoms with E-state index in [-0.39, 0.29) is 24.4 Å². The normalized spacial score (nSPS) is 11.6. The van der Waals surface area contributed by atoms with Crippen LogP contribution in [0.1, 0.15) is 12.3 Å². The van der Waals surface area contributed by atoms with Gasteiger partial charge in [0, 0.05) is 18.4 Å². The number of para-hydroxylation sites is 1. The summed E-state index contributed by atoms with van der Waals surface area (Å²) in [5, 5.41) is 2.84. The molecular formula is C19H15ClF2N2O4S. The molecule has 10 heteroatoms. The Balaban J connectivity index is 1.67. The van der Waals surface area contributed by atoms with Crippen LogP contribution in [0.5, 0.6) is 0 Å². The molecular weight excluding hydrogens is 426 g/mol. The third-order valence-electron chi connectivity index (χ3n) is 3.96. The van der Waals surface area contributed by atoms with Gasteiger partial charge in [0.05, 0.1) is 21.8 Å². The largest absolute Gasteiger partial charge is 0.441 e. The second kappa shape index (κ2) is 8.71. The number of carbonyl (C=O) groups excluding carboxylic acids is 1. The highest BCUT2D eigenvalue weighted by atomic mass is 35.5. The third-order valence-corrected chi connectivity index (χ3v) is 5.73. The smallest absolute Gasteiger partial charge is 0.341 e. The van der Waals surface area contributed by atoms with E-state index in [0.717, 1.165) is 6.07 Å². The molecule has 0 aliphatic carbocycles. The third kappa shape index (κ3) is 4.80. The number of sulfone groups is 1. The number of rotatable bonds is 7. The van der Waals surface area contributed by atoms with Gasteiger partial charge in [0.15, 0.2) is 11.7 Å². The van der Waals surface area contributed by atoms with Crippen LogP contribution in [-0.4, -0.2) is 25.1 Å². The highest BCUT2D eigenvalue weighted by molar-refractivity contribution is 7.91. The van der Waals surface area contributed by atoms with E-state index in [1.54, 1.807) is 24.3 Å². The molecule has 152 valence electrons. The molecule has 1 amide bonds.